The first-order chi connectivity index (χ1) is 13.5. The number of aromatic nitrogens is 2. The fraction of sp³-hybridized carbons (Fsp3) is 0.389. The van der Waals surface area contributed by atoms with Crippen LogP contribution < -0.4 is 16.0 Å². The van der Waals surface area contributed by atoms with Crippen molar-refractivity contribution in [2.45, 2.75) is 38.3 Å². The first-order valence-electron chi connectivity index (χ1n) is 8.59. The summed E-state index contributed by atoms with van der Waals surface area (Å²) >= 11 is 0. The van der Waals surface area contributed by atoms with E-state index in [9.17, 15) is 14.4 Å². The number of benzene rings is 1. The van der Waals surface area contributed by atoms with E-state index < -0.39 is 29.6 Å². The molecule has 0 amide bonds. The number of azide groups is 1. The number of carbonyl (C=O) groups is 1. The zero-order chi connectivity index (χ0) is 20.3. The van der Waals surface area contributed by atoms with Crippen molar-refractivity contribution in [3.8, 4) is 5.75 Å². The maximum atomic E-state index is 12.9. The van der Waals surface area contributed by atoms with E-state index in [1.54, 1.807) is 38.3 Å². The van der Waals surface area contributed by atoms with Gasteiger partial charge >= 0.3 is 5.69 Å². The van der Waals surface area contributed by atoms with E-state index in [0.29, 0.717) is 17.6 Å². The Labute approximate surface area is 159 Å². The SMILES string of the molecule is COc1ccc(Cn2c(=O)c(C)cn([C@H]3C[C@H](N=[N+]=[N-])[C@@H](C=O)O3)c2=O)cc1. The second-order valence-corrected chi connectivity index (χ2v) is 6.44. The summed E-state index contributed by atoms with van der Waals surface area (Å²) in [5.41, 5.74) is 8.77. The van der Waals surface area contributed by atoms with Crippen LogP contribution in [-0.2, 0) is 16.1 Å². The fourth-order valence-electron chi connectivity index (χ4n) is 3.17. The molecule has 2 aromatic rings. The molecule has 146 valence electrons. The van der Waals surface area contributed by atoms with Gasteiger partial charge in [0.25, 0.3) is 5.56 Å². The summed E-state index contributed by atoms with van der Waals surface area (Å²) in [5, 5.41) is 3.56. The van der Waals surface area contributed by atoms with Crippen LogP contribution in [0.4, 0.5) is 0 Å². The molecule has 10 heteroatoms. The summed E-state index contributed by atoms with van der Waals surface area (Å²) in [7, 11) is 1.55. The number of ether oxygens (including phenoxy) is 2. The molecule has 0 unspecified atom stereocenters. The first kappa shape index (κ1) is 19.4. The smallest absolute Gasteiger partial charge is 0.333 e. The summed E-state index contributed by atoms with van der Waals surface area (Å²) in [4.78, 5) is 39.4. The first-order valence-corrected chi connectivity index (χ1v) is 8.59. The standard InChI is InChI=1S/C18H19N5O5/c1-11-8-22(16-7-14(20-21-19)15(10-24)28-16)18(26)23(17(11)25)9-12-3-5-13(27-2)6-4-12/h3-6,8,10,14-16H,7,9H2,1-2H3/t14-,15+,16+/m0/s1. The molecule has 1 saturated heterocycles. The molecule has 3 rings (SSSR count). The molecule has 1 aromatic carbocycles. The zero-order valence-electron chi connectivity index (χ0n) is 15.4. The van der Waals surface area contributed by atoms with Crippen LogP contribution >= 0.6 is 0 Å². The average Bonchev–Trinajstić information content (AvgIpc) is 3.11. The Morgan fingerprint density at radius 1 is 1.36 bits per heavy atom. The van der Waals surface area contributed by atoms with Crippen molar-refractivity contribution in [3.63, 3.8) is 0 Å². The third-order valence-electron chi connectivity index (χ3n) is 4.65. The Morgan fingerprint density at radius 3 is 2.68 bits per heavy atom. The number of methoxy groups -OCH3 is 1. The Hall–Kier alpha value is -3.36. The van der Waals surface area contributed by atoms with Crippen molar-refractivity contribution in [2.24, 2.45) is 5.11 Å². The molecule has 0 aliphatic carbocycles. The molecule has 1 aliphatic heterocycles. The van der Waals surface area contributed by atoms with Gasteiger partial charge in [-0.1, -0.05) is 17.2 Å². The second-order valence-electron chi connectivity index (χ2n) is 6.44. The Bertz CT molecular complexity index is 1040. The normalized spacial score (nSPS) is 21.1. The van der Waals surface area contributed by atoms with E-state index in [2.05, 4.69) is 10.0 Å². The van der Waals surface area contributed by atoms with E-state index in [0.717, 1.165) is 10.1 Å². The van der Waals surface area contributed by atoms with Crippen LogP contribution in [0.1, 0.15) is 23.8 Å². The number of hydrogen-bond donors (Lipinski definition) is 0. The molecule has 10 nitrogen and oxygen atoms in total. The highest BCUT2D eigenvalue weighted by atomic mass is 16.5. The monoisotopic (exact) mass is 385 g/mol. The largest absolute Gasteiger partial charge is 0.497 e. The molecule has 0 radical (unpaired) electrons. The van der Waals surface area contributed by atoms with Crippen molar-refractivity contribution in [1.29, 1.82) is 0 Å². The van der Waals surface area contributed by atoms with Crippen LogP contribution in [0.15, 0.2) is 45.2 Å². The minimum absolute atomic E-state index is 0.0763. The molecule has 1 aromatic heterocycles. The molecule has 0 saturated carbocycles. The lowest BCUT2D eigenvalue weighted by atomic mass is 10.1. The number of aryl methyl sites for hydroxylation is 1. The van der Waals surface area contributed by atoms with Gasteiger partial charge in [0.15, 0.2) is 0 Å². The highest BCUT2D eigenvalue weighted by molar-refractivity contribution is 5.58. The highest BCUT2D eigenvalue weighted by Crippen LogP contribution is 2.29. The van der Waals surface area contributed by atoms with Gasteiger partial charge in [-0.2, -0.15) is 0 Å². The van der Waals surface area contributed by atoms with Crippen molar-refractivity contribution in [3.05, 3.63) is 72.9 Å². The molecule has 28 heavy (non-hydrogen) atoms. The second kappa shape index (κ2) is 8.12. The van der Waals surface area contributed by atoms with Crippen LogP contribution in [-0.4, -0.2) is 34.7 Å². The van der Waals surface area contributed by atoms with Crippen molar-refractivity contribution >= 4 is 6.29 Å². The van der Waals surface area contributed by atoms with Crippen molar-refractivity contribution < 1.29 is 14.3 Å². The molecular weight excluding hydrogens is 366 g/mol. The quantitative estimate of drug-likeness (QED) is 0.322. The molecule has 1 fully saturated rings. The summed E-state index contributed by atoms with van der Waals surface area (Å²) < 4.78 is 13.1. The maximum absolute atomic E-state index is 12.9. The molecule has 0 bridgehead atoms. The van der Waals surface area contributed by atoms with Gasteiger partial charge in [0, 0.05) is 23.1 Å². The predicted octanol–water partition coefficient (Wildman–Crippen LogP) is 1.54. The lowest BCUT2D eigenvalue weighted by molar-refractivity contribution is -0.119. The van der Waals surface area contributed by atoms with Gasteiger partial charge in [-0.3, -0.25) is 13.9 Å². The third-order valence-corrected chi connectivity index (χ3v) is 4.65. The molecule has 0 N–H and O–H groups in total. The van der Waals surface area contributed by atoms with Gasteiger partial charge in [0.05, 0.1) is 19.7 Å². The van der Waals surface area contributed by atoms with Gasteiger partial charge < -0.3 is 14.3 Å². The molecule has 1 aliphatic rings. The predicted molar refractivity (Wildman–Crippen MR) is 99.3 cm³/mol. The minimum Gasteiger partial charge on any atom is -0.497 e. The van der Waals surface area contributed by atoms with Crippen LogP contribution in [0.25, 0.3) is 10.4 Å². The number of hydrogen-bond acceptors (Lipinski definition) is 6. The third kappa shape index (κ3) is 3.68. The fourth-order valence-corrected chi connectivity index (χ4v) is 3.17. The van der Waals surface area contributed by atoms with E-state index in [1.165, 1.54) is 10.8 Å². The summed E-state index contributed by atoms with van der Waals surface area (Å²) in [6.07, 6.45) is 0.368. The van der Waals surface area contributed by atoms with E-state index >= 15 is 0 Å². The van der Waals surface area contributed by atoms with Gasteiger partial charge in [-0.25, -0.2) is 4.79 Å². The van der Waals surface area contributed by atoms with Gasteiger partial charge in [0.1, 0.15) is 24.4 Å². The zero-order valence-corrected chi connectivity index (χ0v) is 15.4. The molecular formula is C18H19N5O5. The number of aldehydes is 1. The Morgan fingerprint density at radius 2 is 2.07 bits per heavy atom. The topological polar surface area (TPSA) is 128 Å². The summed E-state index contributed by atoms with van der Waals surface area (Å²) in [6, 6.07) is 6.32. The van der Waals surface area contributed by atoms with Crippen LogP contribution in [0.2, 0.25) is 0 Å². The van der Waals surface area contributed by atoms with Gasteiger partial charge in [-0.05, 0) is 30.2 Å². The van der Waals surface area contributed by atoms with E-state index in [-0.39, 0.29) is 13.0 Å². The van der Waals surface area contributed by atoms with Crippen molar-refractivity contribution in [2.75, 3.05) is 7.11 Å². The number of carbonyl (C=O) groups excluding carboxylic acids is 1. The number of nitrogens with zero attached hydrogens (tertiary/aromatic N) is 5. The minimum atomic E-state index is -0.935. The Kier molecular flexibility index (Phi) is 5.62. The lowest BCUT2D eigenvalue weighted by Gasteiger charge is -2.17. The van der Waals surface area contributed by atoms with Crippen LogP contribution in [0.3, 0.4) is 0 Å². The Balaban J connectivity index is 1.98. The van der Waals surface area contributed by atoms with Crippen LogP contribution in [0.5, 0.6) is 5.75 Å². The summed E-state index contributed by atoms with van der Waals surface area (Å²) in [6.45, 7) is 1.67. The molecule has 3 atom stereocenters. The highest BCUT2D eigenvalue weighted by Gasteiger charge is 2.36. The van der Waals surface area contributed by atoms with Gasteiger partial charge in [-0.15, -0.1) is 0 Å². The maximum Gasteiger partial charge on any atom is 0.333 e. The molecule has 0 spiro atoms. The molecule has 2 heterocycles. The summed E-state index contributed by atoms with van der Waals surface area (Å²) in [5.74, 6) is 0.668. The lowest BCUT2D eigenvalue weighted by Crippen LogP contribution is -2.42. The van der Waals surface area contributed by atoms with E-state index in [4.69, 9.17) is 15.0 Å². The van der Waals surface area contributed by atoms with E-state index in [1.807, 2.05) is 0 Å². The van der Waals surface area contributed by atoms with Crippen molar-refractivity contribution in [1.82, 2.24) is 9.13 Å². The average molecular weight is 385 g/mol. The number of rotatable bonds is 6. The van der Waals surface area contributed by atoms with Crippen LogP contribution in [0, 0.1) is 6.92 Å². The van der Waals surface area contributed by atoms with Gasteiger partial charge in [0.2, 0.25) is 0 Å².